The van der Waals surface area contributed by atoms with Gasteiger partial charge in [0.15, 0.2) is 0 Å². The first kappa shape index (κ1) is 21.9. The lowest BCUT2D eigenvalue weighted by Crippen LogP contribution is -2.44. The van der Waals surface area contributed by atoms with Gasteiger partial charge in [-0.2, -0.15) is 0 Å². The molecule has 6 heteroatoms. The van der Waals surface area contributed by atoms with Gasteiger partial charge in [-0.25, -0.2) is 0 Å². The molecule has 0 spiro atoms. The number of amides is 3. The second-order valence-corrected chi connectivity index (χ2v) is 6.69. The SMILES string of the molecule is CCCC(=O)Nc1ccc(CNC(=O)C(C)NC(=O)/C=C/c2ccccc2)cc1. The fourth-order valence-electron chi connectivity index (χ4n) is 2.56. The van der Waals surface area contributed by atoms with Crippen LogP contribution in [-0.2, 0) is 20.9 Å². The van der Waals surface area contributed by atoms with Crippen LogP contribution < -0.4 is 16.0 Å². The zero-order valence-corrected chi connectivity index (χ0v) is 16.8. The smallest absolute Gasteiger partial charge is 0.244 e. The van der Waals surface area contributed by atoms with Crippen LogP contribution in [0.5, 0.6) is 0 Å². The van der Waals surface area contributed by atoms with Gasteiger partial charge in [-0.3, -0.25) is 14.4 Å². The molecule has 29 heavy (non-hydrogen) atoms. The molecule has 2 rings (SSSR count). The van der Waals surface area contributed by atoms with E-state index in [1.165, 1.54) is 6.08 Å². The minimum Gasteiger partial charge on any atom is -0.350 e. The number of rotatable bonds is 9. The number of hydrogen-bond donors (Lipinski definition) is 3. The summed E-state index contributed by atoms with van der Waals surface area (Å²) in [6.07, 6.45) is 4.39. The van der Waals surface area contributed by atoms with E-state index in [9.17, 15) is 14.4 Å². The Morgan fingerprint density at radius 1 is 1.00 bits per heavy atom. The number of nitrogens with one attached hydrogen (secondary N) is 3. The lowest BCUT2D eigenvalue weighted by atomic mass is 10.2. The third-order valence-corrected chi connectivity index (χ3v) is 4.16. The van der Waals surface area contributed by atoms with E-state index in [4.69, 9.17) is 0 Å². The molecule has 0 aliphatic carbocycles. The lowest BCUT2D eigenvalue weighted by molar-refractivity contribution is -0.126. The van der Waals surface area contributed by atoms with E-state index in [0.717, 1.165) is 23.2 Å². The van der Waals surface area contributed by atoms with E-state index in [-0.39, 0.29) is 17.7 Å². The molecule has 0 heterocycles. The van der Waals surface area contributed by atoms with E-state index in [1.54, 1.807) is 25.1 Å². The Morgan fingerprint density at radius 3 is 2.34 bits per heavy atom. The van der Waals surface area contributed by atoms with Crippen molar-refractivity contribution in [2.24, 2.45) is 0 Å². The van der Waals surface area contributed by atoms with Gasteiger partial charge in [0, 0.05) is 24.7 Å². The van der Waals surface area contributed by atoms with Crippen LogP contribution in [-0.4, -0.2) is 23.8 Å². The standard InChI is InChI=1S/C23H27N3O3/c1-3-7-21(27)26-20-13-10-19(11-14-20)16-24-23(29)17(2)25-22(28)15-12-18-8-5-4-6-9-18/h4-6,8-15,17H,3,7,16H2,1-2H3,(H,24,29)(H,25,28)(H,26,27)/b15-12+. The van der Waals surface area contributed by atoms with Crippen LogP contribution in [0.1, 0.15) is 37.8 Å². The molecule has 0 aromatic heterocycles. The summed E-state index contributed by atoms with van der Waals surface area (Å²) in [4.78, 5) is 35.8. The van der Waals surface area contributed by atoms with Gasteiger partial charge in [-0.15, -0.1) is 0 Å². The molecule has 0 aliphatic rings. The van der Waals surface area contributed by atoms with Crippen molar-refractivity contribution in [2.45, 2.75) is 39.3 Å². The summed E-state index contributed by atoms with van der Waals surface area (Å²) >= 11 is 0. The highest BCUT2D eigenvalue weighted by molar-refractivity contribution is 5.95. The summed E-state index contributed by atoms with van der Waals surface area (Å²) in [5.41, 5.74) is 2.53. The molecule has 1 atom stereocenters. The van der Waals surface area contributed by atoms with Crippen molar-refractivity contribution >= 4 is 29.5 Å². The molecule has 3 N–H and O–H groups in total. The summed E-state index contributed by atoms with van der Waals surface area (Å²) in [6, 6.07) is 16.1. The Labute approximate surface area is 171 Å². The van der Waals surface area contributed by atoms with E-state index in [0.29, 0.717) is 13.0 Å². The van der Waals surface area contributed by atoms with Crippen molar-refractivity contribution in [1.29, 1.82) is 0 Å². The van der Waals surface area contributed by atoms with Gasteiger partial charge in [0.1, 0.15) is 6.04 Å². The third-order valence-electron chi connectivity index (χ3n) is 4.16. The normalized spacial score (nSPS) is 11.7. The maximum absolute atomic E-state index is 12.2. The molecule has 0 saturated carbocycles. The summed E-state index contributed by atoms with van der Waals surface area (Å²) in [5.74, 6) is -0.616. The molecule has 3 amide bonds. The minimum atomic E-state index is -0.657. The lowest BCUT2D eigenvalue weighted by Gasteiger charge is -2.13. The summed E-state index contributed by atoms with van der Waals surface area (Å²) in [7, 11) is 0. The first-order chi connectivity index (χ1) is 14.0. The quantitative estimate of drug-likeness (QED) is 0.572. The van der Waals surface area contributed by atoms with Gasteiger partial charge in [0.25, 0.3) is 0 Å². The third kappa shape index (κ3) is 8.01. The summed E-state index contributed by atoms with van der Waals surface area (Å²) in [6.45, 7) is 3.92. The Bertz CT molecular complexity index is 845. The predicted octanol–water partition coefficient (Wildman–Crippen LogP) is 3.26. The number of anilines is 1. The molecule has 0 saturated heterocycles. The maximum atomic E-state index is 12.2. The van der Waals surface area contributed by atoms with Crippen molar-refractivity contribution in [1.82, 2.24) is 10.6 Å². The van der Waals surface area contributed by atoms with Crippen LogP contribution in [0.25, 0.3) is 6.08 Å². The molecular weight excluding hydrogens is 366 g/mol. The van der Waals surface area contributed by atoms with Crippen LogP contribution in [0, 0.1) is 0 Å². The maximum Gasteiger partial charge on any atom is 0.244 e. The Morgan fingerprint density at radius 2 is 1.69 bits per heavy atom. The highest BCUT2D eigenvalue weighted by Crippen LogP contribution is 2.10. The fourth-order valence-corrected chi connectivity index (χ4v) is 2.56. The van der Waals surface area contributed by atoms with Crippen LogP contribution in [0.2, 0.25) is 0 Å². The molecule has 0 bridgehead atoms. The van der Waals surface area contributed by atoms with E-state index < -0.39 is 6.04 Å². The van der Waals surface area contributed by atoms with Crippen molar-refractivity contribution in [3.63, 3.8) is 0 Å². The largest absolute Gasteiger partial charge is 0.350 e. The Balaban J connectivity index is 1.77. The molecule has 0 radical (unpaired) electrons. The average Bonchev–Trinajstić information content (AvgIpc) is 2.72. The number of hydrogen-bond acceptors (Lipinski definition) is 3. The zero-order chi connectivity index (χ0) is 21.1. The van der Waals surface area contributed by atoms with Gasteiger partial charge in [0.05, 0.1) is 0 Å². The van der Waals surface area contributed by atoms with Crippen LogP contribution in [0.3, 0.4) is 0 Å². The fraction of sp³-hybridized carbons (Fsp3) is 0.261. The summed E-state index contributed by atoms with van der Waals surface area (Å²) in [5, 5.41) is 8.26. The van der Waals surface area contributed by atoms with Gasteiger partial charge in [-0.1, -0.05) is 49.4 Å². The Hall–Kier alpha value is -3.41. The molecule has 152 valence electrons. The molecule has 0 fully saturated rings. The van der Waals surface area contributed by atoms with E-state index in [1.807, 2.05) is 49.4 Å². The van der Waals surface area contributed by atoms with Crippen LogP contribution in [0.15, 0.2) is 60.7 Å². The zero-order valence-electron chi connectivity index (χ0n) is 16.8. The van der Waals surface area contributed by atoms with Crippen molar-refractivity contribution in [3.8, 4) is 0 Å². The van der Waals surface area contributed by atoms with E-state index in [2.05, 4.69) is 16.0 Å². The second-order valence-electron chi connectivity index (χ2n) is 6.69. The second kappa shape index (κ2) is 11.4. The van der Waals surface area contributed by atoms with Gasteiger partial charge >= 0.3 is 0 Å². The van der Waals surface area contributed by atoms with Gasteiger partial charge in [0.2, 0.25) is 17.7 Å². The number of benzene rings is 2. The molecule has 2 aromatic carbocycles. The summed E-state index contributed by atoms with van der Waals surface area (Å²) < 4.78 is 0. The monoisotopic (exact) mass is 393 g/mol. The van der Waals surface area contributed by atoms with E-state index >= 15 is 0 Å². The van der Waals surface area contributed by atoms with Crippen molar-refractivity contribution in [3.05, 3.63) is 71.8 Å². The predicted molar refractivity (Wildman–Crippen MR) is 115 cm³/mol. The highest BCUT2D eigenvalue weighted by atomic mass is 16.2. The molecule has 6 nitrogen and oxygen atoms in total. The molecule has 2 aromatic rings. The van der Waals surface area contributed by atoms with Gasteiger partial charge in [-0.05, 0) is 42.7 Å². The van der Waals surface area contributed by atoms with Crippen molar-refractivity contribution < 1.29 is 14.4 Å². The number of carbonyl (C=O) groups excluding carboxylic acids is 3. The number of carbonyl (C=O) groups is 3. The molecular formula is C23H27N3O3. The first-order valence-electron chi connectivity index (χ1n) is 9.68. The first-order valence-corrected chi connectivity index (χ1v) is 9.68. The molecule has 0 aliphatic heterocycles. The topological polar surface area (TPSA) is 87.3 Å². The van der Waals surface area contributed by atoms with Crippen molar-refractivity contribution in [2.75, 3.05) is 5.32 Å². The molecule has 1 unspecified atom stereocenters. The van der Waals surface area contributed by atoms with Gasteiger partial charge < -0.3 is 16.0 Å². The Kier molecular flexibility index (Phi) is 8.63. The van der Waals surface area contributed by atoms with Crippen LogP contribution in [0.4, 0.5) is 5.69 Å². The van der Waals surface area contributed by atoms with Crippen LogP contribution >= 0.6 is 0 Å². The highest BCUT2D eigenvalue weighted by Gasteiger charge is 2.13. The average molecular weight is 393 g/mol. The minimum absolute atomic E-state index is 0.0144.